The van der Waals surface area contributed by atoms with Crippen molar-refractivity contribution in [1.82, 2.24) is 30.4 Å². The lowest BCUT2D eigenvalue weighted by atomic mass is 10.3. The molecular formula is C14H24N8. The van der Waals surface area contributed by atoms with Gasteiger partial charge in [-0.05, 0) is 6.42 Å². The van der Waals surface area contributed by atoms with Gasteiger partial charge in [0, 0.05) is 33.7 Å². The molecule has 3 N–H and O–H groups in total. The van der Waals surface area contributed by atoms with E-state index in [0.29, 0.717) is 0 Å². The maximum Gasteiger partial charge on any atom is 0.191 e. The molecule has 0 atom stereocenters. The molecule has 22 heavy (non-hydrogen) atoms. The predicted molar refractivity (Wildman–Crippen MR) is 89.1 cm³/mol. The van der Waals surface area contributed by atoms with E-state index in [9.17, 15) is 0 Å². The molecule has 0 spiro atoms. The molecule has 8 heteroatoms. The highest BCUT2D eigenvalue weighted by atomic mass is 15.3. The number of rotatable bonds is 7. The van der Waals surface area contributed by atoms with E-state index in [0.717, 1.165) is 48.9 Å². The fraction of sp³-hybridized carbons (Fsp3) is 0.571. The number of nitrogens with one attached hydrogen (secondary N) is 3. The van der Waals surface area contributed by atoms with Gasteiger partial charge in [-0.1, -0.05) is 13.3 Å². The van der Waals surface area contributed by atoms with Gasteiger partial charge < -0.3 is 16.0 Å². The highest BCUT2D eigenvalue weighted by Crippen LogP contribution is 2.16. The van der Waals surface area contributed by atoms with Gasteiger partial charge in [-0.25, -0.2) is 9.97 Å². The van der Waals surface area contributed by atoms with E-state index >= 15 is 0 Å². The van der Waals surface area contributed by atoms with Crippen LogP contribution in [0.1, 0.15) is 19.8 Å². The number of unbranched alkanes of at least 4 members (excludes halogenated alkanes) is 1. The summed E-state index contributed by atoms with van der Waals surface area (Å²) in [6.45, 7) is 4.58. The third kappa shape index (κ3) is 4.06. The van der Waals surface area contributed by atoms with Crippen molar-refractivity contribution in [3.63, 3.8) is 0 Å². The summed E-state index contributed by atoms with van der Waals surface area (Å²) in [6.07, 6.45) is 5.63. The van der Waals surface area contributed by atoms with Crippen LogP contribution in [0.4, 0.5) is 5.82 Å². The average Bonchev–Trinajstić information content (AvgIpc) is 2.92. The van der Waals surface area contributed by atoms with E-state index in [1.165, 1.54) is 6.42 Å². The number of aliphatic imine (C=N–C) groups is 1. The van der Waals surface area contributed by atoms with E-state index < -0.39 is 0 Å². The second kappa shape index (κ2) is 8.16. The van der Waals surface area contributed by atoms with Crippen molar-refractivity contribution in [3.8, 4) is 0 Å². The SMILES string of the molecule is CCCCNC(=NC)NCCNc1ncnc2c1cnn2C. The van der Waals surface area contributed by atoms with Crippen molar-refractivity contribution < 1.29 is 0 Å². The molecule has 0 aliphatic carbocycles. The van der Waals surface area contributed by atoms with E-state index in [2.05, 4.69) is 42.9 Å². The summed E-state index contributed by atoms with van der Waals surface area (Å²) in [4.78, 5) is 12.7. The van der Waals surface area contributed by atoms with Crippen molar-refractivity contribution >= 4 is 22.8 Å². The van der Waals surface area contributed by atoms with Crippen molar-refractivity contribution in [3.05, 3.63) is 12.5 Å². The van der Waals surface area contributed by atoms with Gasteiger partial charge in [0.15, 0.2) is 11.6 Å². The minimum absolute atomic E-state index is 0.732. The highest BCUT2D eigenvalue weighted by Gasteiger charge is 2.06. The summed E-state index contributed by atoms with van der Waals surface area (Å²) in [5, 5.41) is 15.0. The molecule has 2 aromatic heterocycles. The molecular weight excluding hydrogens is 280 g/mol. The molecule has 0 amide bonds. The summed E-state index contributed by atoms with van der Waals surface area (Å²) >= 11 is 0. The largest absolute Gasteiger partial charge is 0.368 e. The van der Waals surface area contributed by atoms with Crippen LogP contribution in [0.5, 0.6) is 0 Å². The molecule has 0 aliphatic rings. The van der Waals surface area contributed by atoms with Crippen LogP contribution in [-0.2, 0) is 7.05 Å². The lowest BCUT2D eigenvalue weighted by molar-refractivity contribution is 0.730. The first-order chi connectivity index (χ1) is 10.8. The summed E-state index contributed by atoms with van der Waals surface area (Å²) in [5.41, 5.74) is 0.822. The molecule has 0 aliphatic heterocycles. The van der Waals surface area contributed by atoms with Crippen LogP contribution in [0, 0.1) is 0 Å². The van der Waals surface area contributed by atoms with Gasteiger partial charge in [-0.3, -0.25) is 9.67 Å². The third-order valence-electron chi connectivity index (χ3n) is 3.29. The van der Waals surface area contributed by atoms with Crippen LogP contribution in [0.15, 0.2) is 17.5 Å². The molecule has 8 nitrogen and oxygen atoms in total. The van der Waals surface area contributed by atoms with Crippen LogP contribution in [0.2, 0.25) is 0 Å². The van der Waals surface area contributed by atoms with E-state index in [-0.39, 0.29) is 0 Å². The molecule has 0 radical (unpaired) electrons. The highest BCUT2D eigenvalue weighted by molar-refractivity contribution is 5.86. The standard InChI is InChI=1S/C14H24N8/c1-4-5-6-17-14(15-2)18-8-7-16-12-11-9-21-22(3)13(11)20-10-19-12/h9-10H,4-8H2,1-3H3,(H2,15,17,18)(H,16,19,20). The van der Waals surface area contributed by atoms with Gasteiger partial charge in [-0.2, -0.15) is 5.10 Å². The molecule has 0 saturated heterocycles. The lowest BCUT2D eigenvalue weighted by Gasteiger charge is -2.12. The first-order valence-electron chi connectivity index (χ1n) is 7.57. The predicted octanol–water partition coefficient (Wildman–Crippen LogP) is 0.740. The summed E-state index contributed by atoms with van der Waals surface area (Å²) in [7, 11) is 3.64. The quantitative estimate of drug-likeness (QED) is 0.397. The van der Waals surface area contributed by atoms with Gasteiger partial charge in [0.25, 0.3) is 0 Å². The Morgan fingerprint density at radius 2 is 2.05 bits per heavy atom. The Morgan fingerprint density at radius 3 is 2.82 bits per heavy atom. The Bertz CT molecular complexity index is 618. The molecule has 2 heterocycles. The van der Waals surface area contributed by atoms with E-state index in [4.69, 9.17) is 0 Å². The molecule has 2 rings (SSSR count). The smallest absolute Gasteiger partial charge is 0.191 e. The van der Waals surface area contributed by atoms with Crippen LogP contribution >= 0.6 is 0 Å². The fourth-order valence-corrected chi connectivity index (χ4v) is 2.07. The minimum atomic E-state index is 0.732. The Kier molecular flexibility index (Phi) is 5.93. The van der Waals surface area contributed by atoms with Gasteiger partial charge in [0.05, 0.1) is 11.6 Å². The Balaban J connectivity index is 1.80. The summed E-state index contributed by atoms with van der Waals surface area (Å²) in [6, 6.07) is 0. The third-order valence-corrected chi connectivity index (χ3v) is 3.29. The first-order valence-corrected chi connectivity index (χ1v) is 7.57. The van der Waals surface area contributed by atoms with Crippen molar-refractivity contribution in [2.45, 2.75) is 19.8 Å². The second-order valence-corrected chi connectivity index (χ2v) is 4.93. The molecule has 2 aromatic rings. The number of anilines is 1. The van der Waals surface area contributed by atoms with Crippen molar-refractivity contribution in [1.29, 1.82) is 0 Å². The van der Waals surface area contributed by atoms with Crippen molar-refractivity contribution in [2.24, 2.45) is 12.0 Å². The number of hydrogen-bond donors (Lipinski definition) is 3. The maximum absolute atomic E-state index is 4.27. The maximum atomic E-state index is 4.27. The number of hydrogen-bond acceptors (Lipinski definition) is 5. The van der Waals surface area contributed by atoms with Crippen LogP contribution in [0.25, 0.3) is 11.0 Å². The van der Waals surface area contributed by atoms with E-state index in [1.54, 1.807) is 24.3 Å². The molecule has 0 bridgehead atoms. The van der Waals surface area contributed by atoms with Crippen molar-refractivity contribution in [2.75, 3.05) is 32.0 Å². The van der Waals surface area contributed by atoms with Gasteiger partial charge >= 0.3 is 0 Å². The van der Waals surface area contributed by atoms with Crippen LogP contribution in [0.3, 0.4) is 0 Å². The van der Waals surface area contributed by atoms with Gasteiger partial charge in [0.2, 0.25) is 0 Å². The zero-order chi connectivity index (χ0) is 15.8. The second-order valence-electron chi connectivity index (χ2n) is 4.93. The first kappa shape index (κ1) is 16.0. The fourth-order valence-electron chi connectivity index (χ4n) is 2.07. The number of aromatic nitrogens is 4. The lowest BCUT2D eigenvalue weighted by Crippen LogP contribution is -2.39. The topological polar surface area (TPSA) is 92.1 Å². The molecule has 0 fully saturated rings. The Hall–Kier alpha value is -2.38. The van der Waals surface area contributed by atoms with Crippen LogP contribution < -0.4 is 16.0 Å². The molecule has 0 saturated carbocycles. The molecule has 120 valence electrons. The number of aryl methyl sites for hydroxylation is 1. The zero-order valence-corrected chi connectivity index (χ0v) is 13.4. The van der Waals surface area contributed by atoms with Gasteiger partial charge in [-0.15, -0.1) is 0 Å². The summed E-state index contributed by atoms with van der Waals surface area (Å²) in [5.74, 6) is 1.62. The van der Waals surface area contributed by atoms with E-state index in [1.807, 2.05) is 7.05 Å². The van der Waals surface area contributed by atoms with Gasteiger partial charge in [0.1, 0.15) is 12.1 Å². The van der Waals surface area contributed by atoms with Crippen LogP contribution in [-0.4, -0.2) is 52.4 Å². The average molecular weight is 304 g/mol. The monoisotopic (exact) mass is 304 g/mol. The number of fused-ring (bicyclic) bond motifs is 1. The molecule has 0 unspecified atom stereocenters. The summed E-state index contributed by atoms with van der Waals surface area (Å²) < 4.78 is 1.74. The molecule has 0 aromatic carbocycles. The Labute approximate surface area is 130 Å². The normalized spacial score (nSPS) is 11.7. The number of guanidine groups is 1. The number of nitrogens with zero attached hydrogens (tertiary/aromatic N) is 5. The zero-order valence-electron chi connectivity index (χ0n) is 13.4. The minimum Gasteiger partial charge on any atom is -0.368 e. The Morgan fingerprint density at radius 1 is 1.23 bits per heavy atom.